The first-order chi connectivity index (χ1) is 33.7. The summed E-state index contributed by atoms with van der Waals surface area (Å²) in [4.78, 5) is 0. The molecule has 2 nitrogen and oxygen atoms in total. The van der Waals surface area contributed by atoms with Gasteiger partial charge in [0.05, 0.1) is 11.0 Å². The summed E-state index contributed by atoms with van der Waals surface area (Å²) in [6, 6.07) is 73.5. The lowest BCUT2D eigenvalue weighted by molar-refractivity contribution is 1.18. The molecule has 0 aliphatic rings. The molecule has 10 aromatic carbocycles. The van der Waals surface area contributed by atoms with Crippen LogP contribution in [-0.2, 0) is 0 Å². The molecule has 0 bridgehead atoms. The first-order valence-electron chi connectivity index (χ1n) is 24.3. The third kappa shape index (κ3) is 6.89. The molecule has 12 aromatic rings. The van der Waals surface area contributed by atoms with Gasteiger partial charge in [0, 0.05) is 38.6 Å². The van der Waals surface area contributed by atoms with E-state index in [4.69, 9.17) is 0 Å². The molecule has 0 unspecified atom stereocenters. The summed E-state index contributed by atoms with van der Waals surface area (Å²) >= 11 is 0. The summed E-state index contributed by atoms with van der Waals surface area (Å²) in [6.45, 7) is 0. The van der Waals surface area contributed by atoms with Gasteiger partial charge in [0.25, 0.3) is 0 Å². The normalized spacial score (nSPS) is 11.6. The Balaban J connectivity index is 1.05. The van der Waals surface area contributed by atoms with Crippen molar-refractivity contribution in [2.75, 3.05) is 0 Å². The van der Waals surface area contributed by atoms with Crippen LogP contribution in [0.3, 0.4) is 0 Å². The van der Waals surface area contributed by atoms with E-state index in [0.29, 0.717) is 0 Å². The maximum atomic E-state index is 2.58. The second-order valence-electron chi connectivity index (χ2n) is 19.1. The number of aromatic nitrogens is 2. The molecular formula is C60H47B7N2. The number of hydrogen-bond donors (Lipinski definition) is 0. The minimum absolute atomic E-state index is 1.14. The summed E-state index contributed by atoms with van der Waals surface area (Å²) in [6.07, 6.45) is 0. The van der Waals surface area contributed by atoms with Crippen molar-refractivity contribution in [3.63, 3.8) is 0 Å². The van der Waals surface area contributed by atoms with Crippen molar-refractivity contribution in [1.29, 1.82) is 0 Å². The average molecular weight is 872 g/mol. The number of rotatable bonds is 7. The standard InChI is InChI=1S/C60H47B7N2/c61-52-49(53(62)57(66)59-50(52)51-54(63)55(64)56(65)58(67)60(51)69(59)44-18-10-17-40(31-44)35-13-6-2-7-14-35)42-26-30-48-46(33-42)45-32-41(36-15-8-3-9-16-36)25-29-47(45)68(48)43-27-23-39(24-28-43)38-21-19-37(20-22-38)34-11-4-1-5-12-34/h1-33H,61-67H2. The molecule has 12 rings (SSSR count). The van der Waals surface area contributed by atoms with Crippen LogP contribution in [-0.4, -0.2) is 64.1 Å². The Morgan fingerprint density at radius 2 is 0.638 bits per heavy atom. The van der Waals surface area contributed by atoms with Gasteiger partial charge in [0.1, 0.15) is 54.9 Å². The van der Waals surface area contributed by atoms with Gasteiger partial charge >= 0.3 is 0 Å². The molecule has 0 aliphatic heterocycles. The topological polar surface area (TPSA) is 9.86 Å². The highest BCUT2D eigenvalue weighted by Gasteiger charge is 2.25. The Morgan fingerprint density at radius 1 is 0.246 bits per heavy atom. The fraction of sp³-hybridized carbons (Fsp3) is 0. The lowest BCUT2D eigenvalue weighted by Crippen LogP contribution is -2.48. The van der Waals surface area contributed by atoms with Crippen molar-refractivity contribution < 1.29 is 0 Å². The second-order valence-corrected chi connectivity index (χ2v) is 19.1. The van der Waals surface area contributed by atoms with E-state index >= 15 is 0 Å². The minimum Gasteiger partial charge on any atom is -0.310 e. The van der Waals surface area contributed by atoms with E-state index in [9.17, 15) is 0 Å². The number of nitrogens with zero attached hydrogens (tertiary/aromatic N) is 2. The zero-order chi connectivity index (χ0) is 47.1. The highest BCUT2D eigenvalue weighted by Crippen LogP contribution is 2.39. The summed E-state index contributed by atoms with van der Waals surface area (Å²) in [5.74, 6) is 0. The Bertz CT molecular complexity index is 3990. The molecule has 0 spiro atoms. The fourth-order valence-electron chi connectivity index (χ4n) is 11.4. The van der Waals surface area contributed by atoms with E-state index in [1.54, 1.807) is 0 Å². The Labute approximate surface area is 410 Å². The van der Waals surface area contributed by atoms with E-state index in [0.717, 1.165) is 5.69 Å². The molecule has 0 atom stereocenters. The molecule has 0 saturated carbocycles. The van der Waals surface area contributed by atoms with Gasteiger partial charge in [-0.25, -0.2) is 0 Å². The van der Waals surface area contributed by atoms with Crippen LogP contribution in [0.15, 0.2) is 200 Å². The SMILES string of the molecule is Bc1c(B)c(B)c2c(c1B)c1c(B)c(-c3ccc4c(c3)c3cc(-c5ccccc5)ccc3n4-c3ccc(-c4ccc(-c5ccccc5)cc4)cc3)c(B)c(B)c1n2-c1cccc(-c2ccccc2)c1. The molecular weight excluding hydrogens is 824 g/mol. The van der Waals surface area contributed by atoms with Gasteiger partial charge < -0.3 is 9.13 Å². The first-order valence-corrected chi connectivity index (χ1v) is 24.3. The minimum atomic E-state index is 1.14. The van der Waals surface area contributed by atoms with Crippen molar-refractivity contribution in [3.05, 3.63) is 200 Å². The van der Waals surface area contributed by atoms with Gasteiger partial charge in [-0.15, -0.1) is 5.46 Å². The smallest absolute Gasteiger partial charge is 0.141 e. The predicted molar refractivity (Wildman–Crippen MR) is 320 cm³/mol. The molecule has 0 aliphatic carbocycles. The largest absolute Gasteiger partial charge is 0.310 e. The highest BCUT2D eigenvalue weighted by atomic mass is 15.0. The van der Waals surface area contributed by atoms with Crippen LogP contribution in [0.4, 0.5) is 0 Å². The van der Waals surface area contributed by atoms with Crippen LogP contribution in [0.5, 0.6) is 0 Å². The zero-order valence-electron chi connectivity index (χ0n) is 40.4. The van der Waals surface area contributed by atoms with Gasteiger partial charge in [0.15, 0.2) is 0 Å². The third-order valence-electron chi connectivity index (χ3n) is 15.5. The second kappa shape index (κ2) is 16.8. The Kier molecular flexibility index (Phi) is 10.4. The Morgan fingerprint density at radius 3 is 1.19 bits per heavy atom. The molecule has 318 valence electrons. The molecule has 0 saturated heterocycles. The van der Waals surface area contributed by atoms with E-state index in [1.807, 2.05) is 0 Å². The quantitative estimate of drug-likeness (QED) is 0.215. The van der Waals surface area contributed by atoms with Gasteiger partial charge in [-0.05, 0) is 110 Å². The summed E-state index contributed by atoms with van der Waals surface area (Å²) < 4.78 is 5.03. The van der Waals surface area contributed by atoms with Crippen LogP contribution in [0.25, 0.3) is 111 Å². The van der Waals surface area contributed by atoms with E-state index in [2.05, 4.69) is 264 Å². The van der Waals surface area contributed by atoms with Crippen LogP contribution in [0.1, 0.15) is 0 Å². The van der Waals surface area contributed by atoms with Crippen molar-refractivity contribution in [1.82, 2.24) is 9.13 Å². The lowest BCUT2D eigenvalue weighted by atomic mass is 9.64. The number of benzene rings is 10. The van der Waals surface area contributed by atoms with Gasteiger partial charge in [0.2, 0.25) is 0 Å². The third-order valence-corrected chi connectivity index (χ3v) is 15.5. The first kappa shape index (κ1) is 42.6. The van der Waals surface area contributed by atoms with Crippen molar-refractivity contribution in [2.45, 2.75) is 0 Å². The Hall–Kier alpha value is -7.75. The van der Waals surface area contributed by atoms with E-state index in [1.165, 1.54) is 143 Å². The number of hydrogen-bond acceptors (Lipinski definition) is 0. The van der Waals surface area contributed by atoms with Crippen molar-refractivity contribution >= 4 is 137 Å². The zero-order valence-corrected chi connectivity index (χ0v) is 40.4. The van der Waals surface area contributed by atoms with Crippen LogP contribution in [0, 0.1) is 0 Å². The van der Waals surface area contributed by atoms with Gasteiger partial charge in [-0.3, -0.25) is 0 Å². The summed E-state index contributed by atoms with van der Waals surface area (Å²) in [5, 5.41) is 5.20. The molecule has 0 amide bonds. The molecule has 2 aromatic heterocycles. The van der Waals surface area contributed by atoms with Gasteiger partial charge in [-0.1, -0.05) is 184 Å². The maximum absolute atomic E-state index is 2.58. The maximum Gasteiger partial charge on any atom is 0.141 e. The number of fused-ring (bicyclic) bond motifs is 6. The van der Waals surface area contributed by atoms with Crippen molar-refractivity contribution in [3.8, 4) is 67.0 Å². The summed E-state index contributed by atoms with van der Waals surface area (Å²) in [7, 11) is 16.3. The highest BCUT2D eigenvalue weighted by molar-refractivity contribution is 6.69. The molecule has 0 N–H and O–H groups in total. The molecule has 2 heterocycles. The molecule has 9 heteroatoms. The van der Waals surface area contributed by atoms with E-state index in [-0.39, 0.29) is 0 Å². The van der Waals surface area contributed by atoms with Crippen molar-refractivity contribution in [2.24, 2.45) is 0 Å². The molecule has 0 fully saturated rings. The fourth-order valence-corrected chi connectivity index (χ4v) is 11.4. The summed E-state index contributed by atoms with van der Waals surface area (Å²) in [5.41, 5.74) is 29.0. The van der Waals surface area contributed by atoms with Crippen LogP contribution in [0.2, 0.25) is 0 Å². The predicted octanol–water partition coefficient (Wildman–Crippen LogP) is 4.02. The monoisotopic (exact) mass is 872 g/mol. The van der Waals surface area contributed by atoms with Gasteiger partial charge in [-0.2, -0.15) is 0 Å². The molecule has 0 radical (unpaired) electrons. The average Bonchev–Trinajstić information content (AvgIpc) is 3.94. The van der Waals surface area contributed by atoms with E-state index < -0.39 is 0 Å². The van der Waals surface area contributed by atoms with Crippen LogP contribution >= 0.6 is 0 Å². The molecule has 69 heavy (non-hydrogen) atoms. The van der Waals surface area contributed by atoms with Crippen LogP contribution < -0.4 is 38.2 Å². The lowest BCUT2D eigenvalue weighted by Gasteiger charge is -2.19.